The summed E-state index contributed by atoms with van der Waals surface area (Å²) in [6, 6.07) is 23.6. The smallest absolute Gasteiger partial charge is 0.325 e. The fraction of sp³-hybridized carbons (Fsp3) is 0.222. The highest BCUT2D eigenvalue weighted by molar-refractivity contribution is 6.09. The van der Waals surface area contributed by atoms with E-state index in [0.29, 0.717) is 5.56 Å². The van der Waals surface area contributed by atoms with Crippen LogP contribution in [0.5, 0.6) is 0 Å². The Bertz CT molecular complexity index is 1150. The molecule has 4 amide bonds. The van der Waals surface area contributed by atoms with Crippen LogP contribution in [0, 0.1) is 5.82 Å². The maximum absolute atomic E-state index is 13.4. The van der Waals surface area contributed by atoms with Gasteiger partial charge >= 0.3 is 6.03 Å². The van der Waals surface area contributed by atoms with E-state index in [0.717, 1.165) is 16.0 Å². The monoisotopic (exact) mass is 459 g/mol. The molecule has 6 nitrogen and oxygen atoms in total. The fourth-order valence-electron chi connectivity index (χ4n) is 4.44. The highest BCUT2D eigenvalue weighted by atomic mass is 19.1. The van der Waals surface area contributed by atoms with Crippen LogP contribution < -0.4 is 5.32 Å². The number of hydrogen-bond donors (Lipinski definition) is 1. The number of hydrogen-bond acceptors (Lipinski definition) is 3. The van der Waals surface area contributed by atoms with Gasteiger partial charge in [-0.1, -0.05) is 79.7 Å². The zero-order valence-corrected chi connectivity index (χ0v) is 19.1. The Morgan fingerprint density at radius 1 is 0.941 bits per heavy atom. The summed E-state index contributed by atoms with van der Waals surface area (Å²) >= 11 is 0. The van der Waals surface area contributed by atoms with Crippen molar-refractivity contribution in [1.29, 1.82) is 0 Å². The van der Waals surface area contributed by atoms with Gasteiger partial charge in [0.1, 0.15) is 17.9 Å². The first kappa shape index (κ1) is 23.2. The Labute approximate surface area is 198 Å². The minimum Gasteiger partial charge on any atom is -0.333 e. The predicted octanol–water partition coefficient (Wildman–Crippen LogP) is 4.23. The molecule has 174 valence electrons. The molecular formula is C27H26FN3O3. The van der Waals surface area contributed by atoms with E-state index < -0.39 is 29.8 Å². The van der Waals surface area contributed by atoms with E-state index in [9.17, 15) is 18.8 Å². The van der Waals surface area contributed by atoms with Crippen LogP contribution in [0.1, 0.15) is 36.1 Å². The number of benzene rings is 3. The quantitative estimate of drug-likeness (QED) is 0.538. The van der Waals surface area contributed by atoms with Crippen molar-refractivity contribution in [3.8, 4) is 0 Å². The molecule has 0 aliphatic carbocycles. The molecule has 34 heavy (non-hydrogen) atoms. The summed E-state index contributed by atoms with van der Waals surface area (Å²) in [5.74, 6) is -1.34. The van der Waals surface area contributed by atoms with E-state index >= 15 is 0 Å². The second kappa shape index (κ2) is 9.47. The molecule has 0 saturated carbocycles. The van der Waals surface area contributed by atoms with Crippen molar-refractivity contribution >= 4 is 17.8 Å². The van der Waals surface area contributed by atoms with E-state index in [-0.39, 0.29) is 18.4 Å². The van der Waals surface area contributed by atoms with Gasteiger partial charge < -0.3 is 10.2 Å². The molecule has 3 aromatic rings. The van der Waals surface area contributed by atoms with Gasteiger partial charge in [0.25, 0.3) is 5.91 Å². The van der Waals surface area contributed by atoms with Crippen LogP contribution in [0.2, 0.25) is 0 Å². The molecule has 1 atom stereocenters. The average molecular weight is 460 g/mol. The third-order valence-corrected chi connectivity index (χ3v) is 6.35. The second-order valence-electron chi connectivity index (χ2n) is 8.32. The van der Waals surface area contributed by atoms with Gasteiger partial charge in [0.2, 0.25) is 5.91 Å². The molecule has 1 N–H and O–H groups in total. The summed E-state index contributed by atoms with van der Waals surface area (Å²) in [7, 11) is 1.67. The summed E-state index contributed by atoms with van der Waals surface area (Å²) in [5, 5.41) is 2.73. The molecule has 0 spiro atoms. The van der Waals surface area contributed by atoms with Gasteiger partial charge in [-0.3, -0.25) is 14.5 Å². The van der Waals surface area contributed by atoms with E-state index in [4.69, 9.17) is 0 Å². The van der Waals surface area contributed by atoms with Crippen LogP contribution in [0.15, 0.2) is 84.9 Å². The number of carbonyl (C=O) groups is 3. The molecule has 1 aliphatic heterocycles. The SMILES string of the molecule is CCC1(c2ccc(F)cc2)NC(=O)N(CC(=O)N(C)C(c2ccccc2)c2ccccc2)C1=O. The van der Waals surface area contributed by atoms with Gasteiger partial charge in [-0.2, -0.15) is 0 Å². The van der Waals surface area contributed by atoms with Crippen molar-refractivity contribution in [3.63, 3.8) is 0 Å². The van der Waals surface area contributed by atoms with Crippen LogP contribution in [0.3, 0.4) is 0 Å². The number of amides is 4. The van der Waals surface area contributed by atoms with Crippen LogP contribution in [-0.4, -0.2) is 41.2 Å². The lowest BCUT2D eigenvalue weighted by molar-refractivity contribution is -0.139. The predicted molar refractivity (Wildman–Crippen MR) is 126 cm³/mol. The molecular weight excluding hydrogens is 433 g/mol. The first-order valence-corrected chi connectivity index (χ1v) is 11.1. The third kappa shape index (κ3) is 4.17. The highest BCUT2D eigenvalue weighted by Crippen LogP contribution is 2.33. The van der Waals surface area contributed by atoms with Gasteiger partial charge in [-0.25, -0.2) is 9.18 Å². The summed E-state index contributed by atoms with van der Waals surface area (Å²) in [5.41, 5.74) is 0.971. The van der Waals surface area contributed by atoms with Gasteiger partial charge in [-0.05, 0) is 35.2 Å². The van der Waals surface area contributed by atoms with Crippen molar-refractivity contribution in [2.45, 2.75) is 24.9 Å². The molecule has 1 saturated heterocycles. The lowest BCUT2D eigenvalue weighted by Crippen LogP contribution is -2.45. The topological polar surface area (TPSA) is 69.7 Å². The molecule has 3 aromatic carbocycles. The van der Waals surface area contributed by atoms with E-state index in [1.165, 1.54) is 24.3 Å². The first-order chi connectivity index (χ1) is 16.4. The lowest BCUT2D eigenvalue weighted by atomic mass is 9.87. The average Bonchev–Trinajstić information content (AvgIpc) is 3.11. The Kier molecular flexibility index (Phi) is 6.45. The second-order valence-corrected chi connectivity index (χ2v) is 8.32. The van der Waals surface area contributed by atoms with Crippen LogP contribution in [-0.2, 0) is 15.1 Å². The van der Waals surface area contributed by atoms with Crippen molar-refractivity contribution in [3.05, 3.63) is 107 Å². The van der Waals surface area contributed by atoms with Gasteiger partial charge in [0, 0.05) is 7.05 Å². The minimum absolute atomic E-state index is 0.264. The maximum atomic E-state index is 13.4. The third-order valence-electron chi connectivity index (χ3n) is 6.35. The zero-order chi connectivity index (χ0) is 24.3. The number of rotatable bonds is 7. The number of carbonyl (C=O) groups excluding carboxylic acids is 3. The molecule has 0 bridgehead atoms. The number of imide groups is 1. The summed E-state index contributed by atoms with van der Waals surface area (Å²) in [6.07, 6.45) is 0.264. The molecule has 0 aromatic heterocycles. The van der Waals surface area contributed by atoms with Crippen LogP contribution in [0.25, 0.3) is 0 Å². The minimum atomic E-state index is -1.33. The fourth-order valence-corrected chi connectivity index (χ4v) is 4.44. The van der Waals surface area contributed by atoms with Gasteiger partial charge in [0.15, 0.2) is 0 Å². The number of halogens is 1. The molecule has 1 fully saturated rings. The van der Waals surface area contributed by atoms with E-state index in [1.54, 1.807) is 18.9 Å². The first-order valence-electron chi connectivity index (χ1n) is 11.1. The number of nitrogens with zero attached hydrogens (tertiary/aromatic N) is 2. The van der Waals surface area contributed by atoms with Crippen molar-refractivity contribution in [1.82, 2.24) is 15.1 Å². The number of likely N-dealkylation sites (N-methyl/N-ethyl adjacent to an activating group) is 1. The lowest BCUT2D eigenvalue weighted by Gasteiger charge is -2.30. The largest absolute Gasteiger partial charge is 0.333 e. The van der Waals surface area contributed by atoms with Crippen molar-refractivity contribution in [2.24, 2.45) is 0 Å². The van der Waals surface area contributed by atoms with Gasteiger partial charge in [-0.15, -0.1) is 0 Å². The Morgan fingerprint density at radius 2 is 1.47 bits per heavy atom. The molecule has 1 aliphatic rings. The summed E-state index contributed by atoms with van der Waals surface area (Å²) < 4.78 is 13.4. The Balaban J connectivity index is 1.60. The standard InChI is InChI=1S/C27H26FN3O3/c1-3-27(21-14-16-22(28)17-15-21)25(33)31(26(34)29-27)18-23(32)30(2)24(19-10-6-4-7-11-19)20-12-8-5-9-13-20/h4-17,24H,3,18H2,1-2H3,(H,29,34). The molecule has 7 heteroatoms. The normalized spacial score (nSPS) is 17.7. The number of nitrogens with one attached hydrogen (secondary N) is 1. The van der Waals surface area contributed by atoms with Crippen LogP contribution >= 0.6 is 0 Å². The molecule has 0 radical (unpaired) electrons. The Hall–Kier alpha value is -4.00. The van der Waals surface area contributed by atoms with Crippen molar-refractivity contribution in [2.75, 3.05) is 13.6 Å². The zero-order valence-electron chi connectivity index (χ0n) is 19.1. The molecule has 1 heterocycles. The summed E-state index contributed by atoms with van der Waals surface area (Å²) in [6.45, 7) is 1.36. The maximum Gasteiger partial charge on any atom is 0.325 e. The Morgan fingerprint density at radius 3 is 1.97 bits per heavy atom. The van der Waals surface area contributed by atoms with E-state index in [1.807, 2.05) is 60.7 Å². The summed E-state index contributed by atoms with van der Waals surface area (Å²) in [4.78, 5) is 42.1. The van der Waals surface area contributed by atoms with Crippen molar-refractivity contribution < 1.29 is 18.8 Å². The molecule has 1 unspecified atom stereocenters. The molecule has 4 rings (SSSR count). The van der Waals surface area contributed by atoms with Gasteiger partial charge in [0.05, 0.1) is 6.04 Å². The highest BCUT2D eigenvalue weighted by Gasteiger charge is 2.51. The number of urea groups is 1. The van der Waals surface area contributed by atoms with Crippen LogP contribution in [0.4, 0.5) is 9.18 Å². The van der Waals surface area contributed by atoms with E-state index in [2.05, 4.69) is 5.32 Å².